The molecule has 0 saturated carbocycles. The Morgan fingerprint density at radius 1 is 1.16 bits per heavy atom. The standard InChI is InChI=1S/C16H23ClFN3O3S/c17-14-2-1-3-15(18)13(14)12-21-7-5-20(6-8-21)9-11-25(23,24)10-4-16(19)22/h1-3H,4-12H2,(H2,19,22). The van der Waals surface area contributed by atoms with Gasteiger partial charge in [0.1, 0.15) is 5.82 Å². The highest BCUT2D eigenvalue weighted by molar-refractivity contribution is 7.91. The number of carbonyl (C=O) groups excluding carboxylic acids is 1. The molecule has 0 unspecified atom stereocenters. The van der Waals surface area contributed by atoms with Crippen LogP contribution in [0.15, 0.2) is 18.2 Å². The van der Waals surface area contributed by atoms with Crippen molar-refractivity contribution >= 4 is 27.3 Å². The lowest BCUT2D eigenvalue weighted by molar-refractivity contribution is -0.117. The van der Waals surface area contributed by atoms with Crippen LogP contribution in [-0.4, -0.2) is 68.4 Å². The molecule has 0 radical (unpaired) electrons. The quantitative estimate of drug-likeness (QED) is 0.711. The van der Waals surface area contributed by atoms with Crippen molar-refractivity contribution in [3.8, 4) is 0 Å². The molecule has 1 saturated heterocycles. The topological polar surface area (TPSA) is 83.7 Å². The van der Waals surface area contributed by atoms with E-state index in [2.05, 4.69) is 9.80 Å². The van der Waals surface area contributed by atoms with Gasteiger partial charge < -0.3 is 5.73 Å². The van der Waals surface area contributed by atoms with Crippen molar-refractivity contribution in [2.24, 2.45) is 5.73 Å². The molecule has 2 N–H and O–H groups in total. The number of rotatable bonds is 8. The zero-order valence-corrected chi connectivity index (χ0v) is 15.5. The normalized spacial score (nSPS) is 16.9. The number of benzene rings is 1. The van der Waals surface area contributed by atoms with Crippen LogP contribution >= 0.6 is 11.6 Å². The average Bonchev–Trinajstić information content (AvgIpc) is 2.56. The Hall–Kier alpha value is -1.22. The molecule has 0 aromatic heterocycles. The smallest absolute Gasteiger partial charge is 0.218 e. The van der Waals surface area contributed by atoms with E-state index in [0.717, 1.165) is 0 Å². The summed E-state index contributed by atoms with van der Waals surface area (Å²) in [6.45, 7) is 3.71. The third-order valence-electron chi connectivity index (χ3n) is 4.29. The first-order valence-electron chi connectivity index (χ1n) is 8.13. The van der Waals surface area contributed by atoms with Crippen LogP contribution in [0.4, 0.5) is 4.39 Å². The van der Waals surface area contributed by atoms with Gasteiger partial charge in [-0.1, -0.05) is 17.7 Å². The number of amides is 1. The van der Waals surface area contributed by atoms with Crippen molar-refractivity contribution in [3.05, 3.63) is 34.6 Å². The molecule has 140 valence electrons. The molecule has 6 nitrogen and oxygen atoms in total. The predicted octanol–water partition coefficient (Wildman–Crippen LogP) is 0.887. The van der Waals surface area contributed by atoms with Crippen molar-refractivity contribution < 1.29 is 17.6 Å². The van der Waals surface area contributed by atoms with Crippen LogP contribution in [0.3, 0.4) is 0 Å². The fraction of sp³-hybridized carbons (Fsp3) is 0.562. The highest BCUT2D eigenvalue weighted by Gasteiger charge is 2.21. The van der Waals surface area contributed by atoms with E-state index in [1.165, 1.54) is 6.07 Å². The van der Waals surface area contributed by atoms with Crippen LogP contribution in [0.5, 0.6) is 0 Å². The summed E-state index contributed by atoms with van der Waals surface area (Å²) in [4.78, 5) is 14.8. The second-order valence-electron chi connectivity index (χ2n) is 6.19. The maximum Gasteiger partial charge on any atom is 0.218 e. The second-order valence-corrected chi connectivity index (χ2v) is 8.90. The Bertz CT molecular complexity index is 686. The predicted molar refractivity (Wildman–Crippen MR) is 95.6 cm³/mol. The third-order valence-corrected chi connectivity index (χ3v) is 6.27. The molecule has 25 heavy (non-hydrogen) atoms. The minimum atomic E-state index is -3.27. The van der Waals surface area contributed by atoms with Crippen LogP contribution in [0.2, 0.25) is 5.02 Å². The number of primary amides is 1. The van der Waals surface area contributed by atoms with E-state index in [1.54, 1.807) is 12.1 Å². The molecule has 2 rings (SSSR count). The molecule has 1 fully saturated rings. The molecule has 1 heterocycles. The number of hydrogen-bond donors (Lipinski definition) is 1. The second kappa shape index (κ2) is 8.93. The Morgan fingerprint density at radius 2 is 1.80 bits per heavy atom. The zero-order chi connectivity index (χ0) is 18.4. The van der Waals surface area contributed by atoms with Gasteiger partial charge in [0, 0.05) is 56.3 Å². The molecule has 1 amide bonds. The van der Waals surface area contributed by atoms with Crippen molar-refractivity contribution in [3.63, 3.8) is 0 Å². The molecule has 1 aromatic rings. The van der Waals surface area contributed by atoms with Gasteiger partial charge in [-0.15, -0.1) is 0 Å². The highest BCUT2D eigenvalue weighted by Crippen LogP contribution is 2.21. The average molecular weight is 392 g/mol. The summed E-state index contributed by atoms with van der Waals surface area (Å²) >= 11 is 6.05. The van der Waals surface area contributed by atoms with E-state index in [9.17, 15) is 17.6 Å². The van der Waals surface area contributed by atoms with Gasteiger partial charge in [-0.05, 0) is 12.1 Å². The number of piperazine rings is 1. The number of halogens is 2. The van der Waals surface area contributed by atoms with E-state index in [0.29, 0.717) is 49.9 Å². The van der Waals surface area contributed by atoms with Gasteiger partial charge in [0.2, 0.25) is 5.91 Å². The zero-order valence-electron chi connectivity index (χ0n) is 14.0. The van der Waals surface area contributed by atoms with Gasteiger partial charge in [0.05, 0.1) is 11.5 Å². The maximum absolute atomic E-state index is 13.8. The van der Waals surface area contributed by atoms with E-state index >= 15 is 0 Å². The van der Waals surface area contributed by atoms with Crippen molar-refractivity contribution in [2.45, 2.75) is 13.0 Å². The Balaban J connectivity index is 1.77. The molecule has 0 bridgehead atoms. The van der Waals surface area contributed by atoms with E-state index < -0.39 is 15.7 Å². The van der Waals surface area contributed by atoms with Crippen LogP contribution < -0.4 is 5.73 Å². The number of sulfone groups is 1. The third kappa shape index (κ3) is 6.54. The fourth-order valence-electron chi connectivity index (χ4n) is 2.70. The van der Waals surface area contributed by atoms with Gasteiger partial charge in [0.25, 0.3) is 0 Å². The number of hydrogen-bond acceptors (Lipinski definition) is 5. The van der Waals surface area contributed by atoms with Crippen LogP contribution in [0, 0.1) is 5.82 Å². The SMILES string of the molecule is NC(=O)CCS(=O)(=O)CCN1CCN(Cc2c(F)cccc2Cl)CC1. The highest BCUT2D eigenvalue weighted by atomic mass is 35.5. The Kier molecular flexibility index (Phi) is 7.18. The van der Waals surface area contributed by atoms with Crippen molar-refractivity contribution in [1.29, 1.82) is 0 Å². The molecule has 1 aliphatic heterocycles. The molecular formula is C16H23ClFN3O3S. The monoisotopic (exact) mass is 391 g/mol. The largest absolute Gasteiger partial charge is 0.370 e. The minimum Gasteiger partial charge on any atom is -0.370 e. The lowest BCUT2D eigenvalue weighted by Gasteiger charge is -2.34. The number of carbonyl (C=O) groups is 1. The summed E-state index contributed by atoms with van der Waals surface area (Å²) in [6, 6.07) is 4.65. The first-order chi connectivity index (χ1) is 11.8. The van der Waals surface area contributed by atoms with E-state index in [1.807, 2.05) is 0 Å². The lowest BCUT2D eigenvalue weighted by atomic mass is 10.2. The van der Waals surface area contributed by atoms with E-state index in [4.69, 9.17) is 17.3 Å². The number of nitrogens with zero attached hydrogens (tertiary/aromatic N) is 2. The van der Waals surface area contributed by atoms with E-state index in [-0.39, 0.29) is 23.7 Å². The molecule has 9 heteroatoms. The fourth-order valence-corrected chi connectivity index (χ4v) is 4.18. The summed E-state index contributed by atoms with van der Waals surface area (Å²) in [5.74, 6) is -1.10. The molecule has 0 atom stereocenters. The molecule has 0 aliphatic carbocycles. The molecule has 0 spiro atoms. The van der Waals surface area contributed by atoms with Gasteiger partial charge in [-0.25, -0.2) is 12.8 Å². The Labute approximate surface area is 152 Å². The molecule has 1 aliphatic rings. The minimum absolute atomic E-state index is 0.0133. The van der Waals surface area contributed by atoms with Crippen molar-refractivity contribution in [1.82, 2.24) is 9.80 Å². The summed E-state index contributed by atoms with van der Waals surface area (Å²) < 4.78 is 37.6. The van der Waals surface area contributed by atoms with Crippen molar-refractivity contribution in [2.75, 3.05) is 44.2 Å². The first-order valence-corrected chi connectivity index (χ1v) is 10.3. The summed E-state index contributed by atoms with van der Waals surface area (Å²) in [5, 5.41) is 0.419. The summed E-state index contributed by atoms with van der Waals surface area (Å²) in [5.41, 5.74) is 5.48. The van der Waals surface area contributed by atoms with Gasteiger partial charge >= 0.3 is 0 Å². The first kappa shape index (κ1) is 20.1. The van der Waals surface area contributed by atoms with Gasteiger partial charge in [-0.3, -0.25) is 14.6 Å². The summed E-state index contributed by atoms with van der Waals surface area (Å²) in [7, 11) is -3.27. The van der Waals surface area contributed by atoms with Crippen LogP contribution in [0.1, 0.15) is 12.0 Å². The summed E-state index contributed by atoms with van der Waals surface area (Å²) in [6.07, 6.45) is -0.139. The lowest BCUT2D eigenvalue weighted by Crippen LogP contribution is -2.47. The van der Waals surface area contributed by atoms with Crippen LogP contribution in [0.25, 0.3) is 0 Å². The molecular weight excluding hydrogens is 369 g/mol. The molecule has 1 aromatic carbocycles. The van der Waals surface area contributed by atoms with Gasteiger partial charge in [-0.2, -0.15) is 0 Å². The maximum atomic E-state index is 13.8. The van der Waals surface area contributed by atoms with Crippen LogP contribution in [-0.2, 0) is 21.2 Å². The number of nitrogens with two attached hydrogens (primary N) is 1. The Morgan fingerprint density at radius 3 is 2.40 bits per heavy atom. The van der Waals surface area contributed by atoms with Gasteiger partial charge in [0.15, 0.2) is 9.84 Å².